The van der Waals surface area contributed by atoms with Gasteiger partial charge in [0.1, 0.15) is 0 Å². The zero-order valence-corrected chi connectivity index (χ0v) is 9.27. The van der Waals surface area contributed by atoms with Crippen LogP contribution >= 0.6 is 0 Å². The van der Waals surface area contributed by atoms with Crippen molar-refractivity contribution in [3.05, 3.63) is 42.8 Å². The highest BCUT2D eigenvalue weighted by Crippen LogP contribution is 2.20. The molecule has 1 amide bonds. The summed E-state index contributed by atoms with van der Waals surface area (Å²) >= 11 is 0. The fourth-order valence-corrected chi connectivity index (χ4v) is 1.72. The Morgan fingerprint density at radius 2 is 2.29 bits per heavy atom. The van der Waals surface area contributed by atoms with Gasteiger partial charge in [0.05, 0.1) is 11.9 Å². The first-order valence-corrected chi connectivity index (χ1v) is 5.27. The van der Waals surface area contributed by atoms with Crippen LogP contribution in [0.4, 0.5) is 4.39 Å². The highest BCUT2D eigenvalue weighted by atomic mass is 19.1. The van der Waals surface area contributed by atoms with Crippen LogP contribution in [0.2, 0.25) is 0 Å². The van der Waals surface area contributed by atoms with Gasteiger partial charge in [-0.05, 0) is 12.0 Å². The predicted octanol–water partition coefficient (Wildman–Crippen LogP) is 1.58. The van der Waals surface area contributed by atoms with Gasteiger partial charge in [-0.3, -0.25) is 14.8 Å². The Hall–Kier alpha value is -2.04. The Balaban J connectivity index is 2.08. The molecule has 0 N–H and O–H groups in total. The lowest BCUT2D eigenvalue weighted by molar-refractivity contribution is -0.128. The molecule has 1 aromatic heterocycles. The smallest absolute Gasteiger partial charge is 0.282 e. The van der Waals surface area contributed by atoms with Crippen LogP contribution in [0.5, 0.6) is 0 Å². The molecular formula is C12H12FN3O. The van der Waals surface area contributed by atoms with E-state index in [0.717, 1.165) is 11.3 Å². The van der Waals surface area contributed by atoms with Gasteiger partial charge >= 0.3 is 0 Å². The van der Waals surface area contributed by atoms with Crippen molar-refractivity contribution in [2.45, 2.75) is 6.42 Å². The van der Waals surface area contributed by atoms with Crippen molar-refractivity contribution < 1.29 is 9.18 Å². The molecular weight excluding hydrogens is 221 g/mol. The molecule has 0 fully saturated rings. The van der Waals surface area contributed by atoms with E-state index in [0.29, 0.717) is 19.5 Å². The van der Waals surface area contributed by atoms with E-state index < -0.39 is 11.7 Å². The molecule has 17 heavy (non-hydrogen) atoms. The third-order valence-electron chi connectivity index (χ3n) is 2.62. The standard InChI is InChI=1S/C12H12FN3O/c1-9(13)12(17)16-6-2-10(3-7-16)11-8-14-4-5-15-11/h2,4-5,8H,1,3,6-7H2. The highest BCUT2D eigenvalue weighted by molar-refractivity contribution is 5.91. The number of rotatable bonds is 2. The van der Waals surface area contributed by atoms with Gasteiger partial charge in [0.2, 0.25) is 0 Å². The van der Waals surface area contributed by atoms with Crippen molar-refractivity contribution in [2.75, 3.05) is 13.1 Å². The van der Waals surface area contributed by atoms with Crippen LogP contribution in [-0.2, 0) is 4.79 Å². The molecule has 4 nitrogen and oxygen atoms in total. The minimum Gasteiger partial charge on any atom is -0.333 e. The summed E-state index contributed by atoms with van der Waals surface area (Å²) < 4.78 is 12.7. The number of halogens is 1. The summed E-state index contributed by atoms with van der Waals surface area (Å²) in [6.45, 7) is 3.87. The fraction of sp³-hybridized carbons (Fsp3) is 0.250. The van der Waals surface area contributed by atoms with E-state index >= 15 is 0 Å². The number of carbonyl (C=O) groups excluding carboxylic acids is 1. The quantitative estimate of drug-likeness (QED) is 0.728. The van der Waals surface area contributed by atoms with Crippen molar-refractivity contribution in [1.29, 1.82) is 0 Å². The average molecular weight is 233 g/mol. The van der Waals surface area contributed by atoms with Crippen LogP contribution in [-0.4, -0.2) is 33.9 Å². The van der Waals surface area contributed by atoms with Gasteiger partial charge in [-0.2, -0.15) is 0 Å². The molecule has 2 rings (SSSR count). The maximum absolute atomic E-state index is 12.7. The number of hydrogen-bond acceptors (Lipinski definition) is 3. The van der Waals surface area contributed by atoms with Crippen LogP contribution < -0.4 is 0 Å². The van der Waals surface area contributed by atoms with Gasteiger partial charge in [-0.25, -0.2) is 4.39 Å². The minimum atomic E-state index is -0.915. The zero-order valence-electron chi connectivity index (χ0n) is 9.27. The first-order chi connectivity index (χ1) is 8.18. The van der Waals surface area contributed by atoms with Crippen LogP contribution in [0.25, 0.3) is 5.57 Å². The SMILES string of the molecule is C=C(F)C(=O)N1CC=C(c2cnccn2)CC1. The van der Waals surface area contributed by atoms with Gasteiger partial charge in [0, 0.05) is 25.5 Å². The molecule has 0 saturated carbocycles. The summed E-state index contributed by atoms with van der Waals surface area (Å²) in [5.41, 5.74) is 1.84. The Kier molecular flexibility index (Phi) is 3.27. The second-order valence-corrected chi connectivity index (χ2v) is 3.73. The number of aromatic nitrogens is 2. The lowest BCUT2D eigenvalue weighted by Crippen LogP contribution is -2.34. The first-order valence-electron chi connectivity index (χ1n) is 5.27. The molecule has 5 heteroatoms. The van der Waals surface area contributed by atoms with Crippen LogP contribution in [0, 0.1) is 0 Å². The summed E-state index contributed by atoms with van der Waals surface area (Å²) in [4.78, 5) is 20.9. The van der Waals surface area contributed by atoms with Gasteiger partial charge in [0.15, 0.2) is 5.83 Å². The molecule has 1 aliphatic rings. The third-order valence-corrected chi connectivity index (χ3v) is 2.62. The summed E-state index contributed by atoms with van der Waals surface area (Å²) in [6, 6.07) is 0. The monoisotopic (exact) mass is 233 g/mol. The molecule has 1 aliphatic heterocycles. The van der Waals surface area contributed by atoms with E-state index in [9.17, 15) is 9.18 Å². The lowest BCUT2D eigenvalue weighted by atomic mass is 10.1. The molecule has 0 saturated heterocycles. The van der Waals surface area contributed by atoms with Gasteiger partial charge in [0.25, 0.3) is 5.91 Å². The van der Waals surface area contributed by atoms with E-state index in [2.05, 4.69) is 16.5 Å². The van der Waals surface area contributed by atoms with E-state index in [1.807, 2.05) is 6.08 Å². The van der Waals surface area contributed by atoms with E-state index in [-0.39, 0.29) is 0 Å². The summed E-state index contributed by atoms with van der Waals surface area (Å²) in [5, 5.41) is 0. The lowest BCUT2D eigenvalue weighted by Gasteiger charge is -2.25. The maximum atomic E-state index is 12.7. The second kappa shape index (κ2) is 4.86. The Morgan fingerprint density at radius 3 is 2.82 bits per heavy atom. The molecule has 0 aliphatic carbocycles. The molecule has 88 valence electrons. The average Bonchev–Trinajstić information content (AvgIpc) is 2.39. The van der Waals surface area contributed by atoms with E-state index in [1.165, 1.54) is 4.90 Å². The minimum absolute atomic E-state index is 0.383. The summed E-state index contributed by atoms with van der Waals surface area (Å²) in [7, 11) is 0. The molecule has 0 atom stereocenters. The molecule has 2 heterocycles. The maximum Gasteiger partial charge on any atom is 0.282 e. The van der Waals surface area contributed by atoms with Gasteiger partial charge in [-0.1, -0.05) is 12.7 Å². The first kappa shape index (κ1) is 11.4. The molecule has 0 aromatic carbocycles. The number of amides is 1. The summed E-state index contributed by atoms with van der Waals surface area (Å²) in [5.74, 6) is -1.55. The molecule has 1 aromatic rings. The fourth-order valence-electron chi connectivity index (χ4n) is 1.72. The number of carbonyl (C=O) groups is 1. The predicted molar refractivity (Wildman–Crippen MR) is 61.5 cm³/mol. The number of hydrogen-bond donors (Lipinski definition) is 0. The topological polar surface area (TPSA) is 46.1 Å². The molecule has 0 bridgehead atoms. The van der Waals surface area contributed by atoms with E-state index in [1.54, 1.807) is 18.6 Å². The van der Waals surface area contributed by atoms with Crippen LogP contribution in [0.1, 0.15) is 12.1 Å². The van der Waals surface area contributed by atoms with Gasteiger partial charge in [-0.15, -0.1) is 0 Å². The highest BCUT2D eigenvalue weighted by Gasteiger charge is 2.20. The molecule has 0 spiro atoms. The van der Waals surface area contributed by atoms with Crippen molar-refractivity contribution in [3.8, 4) is 0 Å². The van der Waals surface area contributed by atoms with Crippen molar-refractivity contribution in [3.63, 3.8) is 0 Å². The third kappa shape index (κ3) is 2.55. The Morgan fingerprint density at radius 1 is 1.47 bits per heavy atom. The Bertz CT molecular complexity index is 470. The number of nitrogens with zero attached hydrogens (tertiary/aromatic N) is 3. The van der Waals surface area contributed by atoms with Gasteiger partial charge < -0.3 is 4.90 Å². The second-order valence-electron chi connectivity index (χ2n) is 3.73. The largest absolute Gasteiger partial charge is 0.333 e. The van der Waals surface area contributed by atoms with Crippen molar-refractivity contribution >= 4 is 11.5 Å². The van der Waals surface area contributed by atoms with Crippen molar-refractivity contribution in [1.82, 2.24) is 14.9 Å². The molecule has 0 unspecified atom stereocenters. The Labute approximate surface area is 98.5 Å². The van der Waals surface area contributed by atoms with Crippen LogP contribution in [0.3, 0.4) is 0 Å². The van der Waals surface area contributed by atoms with Crippen molar-refractivity contribution in [2.24, 2.45) is 0 Å². The normalized spacial score (nSPS) is 15.4. The van der Waals surface area contributed by atoms with Crippen LogP contribution in [0.15, 0.2) is 37.1 Å². The zero-order chi connectivity index (χ0) is 12.3. The summed E-state index contributed by atoms with van der Waals surface area (Å²) in [6.07, 6.45) is 7.43. The van der Waals surface area contributed by atoms with E-state index in [4.69, 9.17) is 0 Å². The molecule has 0 radical (unpaired) electrons.